The maximum atomic E-state index is 5.62. The predicted octanol–water partition coefficient (Wildman–Crippen LogP) is 1.17. The van der Waals surface area contributed by atoms with Crippen molar-refractivity contribution in [3.63, 3.8) is 0 Å². The number of likely N-dealkylation sites (N-methyl/N-ethyl adjacent to an activating group) is 2. The number of hydrogen-bond donors (Lipinski definition) is 1. The molecule has 1 saturated carbocycles. The van der Waals surface area contributed by atoms with Gasteiger partial charge in [-0.15, -0.1) is 0 Å². The predicted molar refractivity (Wildman–Crippen MR) is 79.6 cm³/mol. The molecule has 2 fully saturated rings. The summed E-state index contributed by atoms with van der Waals surface area (Å²) >= 11 is 0. The van der Waals surface area contributed by atoms with Gasteiger partial charge in [-0.25, -0.2) is 0 Å². The maximum Gasteiger partial charge on any atom is 0.0700 e. The number of nitrogens with zero attached hydrogens (tertiary/aromatic N) is 2. The molecule has 1 saturated heterocycles. The van der Waals surface area contributed by atoms with Crippen LogP contribution in [0.5, 0.6) is 0 Å². The molecular weight excluding hydrogens is 238 g/mol. The highest BCUT2D eigenvalue weighted by Crippen LogP contribution is 2.36. The zero-order valence-electron chi connectivity index (χ0n) is 13.0. The summed E-state index contributed by atoms with van der Waals surface area (Å²) in [5, 5.41) is 3.53. The molecule has 0 radical (unpaired) electrons. The molecule has 0 amide bonds. The Labute approximate surface area is 118 Å². The van der Waals surface area contributed by atoms with Crippen LogP contribution in [0.25, 0.3) is 0 Å². The van der Waals surface area contributed by atoms with Gasteiger partial charge in [-0.3, -0.25) is 0 Å². The Hall–Kier alpha value is -0.160. The summed E-state index contributed by atoms with van der Waals surface area (Å²) < 4.78 is 5.62. The Bertz CT molecular complexity index is 260. The lowest BCUT2D eigenvalue weighted by Gasteiger charge is -2.49. The standard InChI is InChI=1S/C15H31N3O/c1-17(2)15(7-5-8-15)13-18(3)10-9-16-12-14-6-4-11-19-14/h14,16H,4-13H2,1-3H3. The van der Waals surface area contributed by atoms with Gasteiger partial charge in [0.1, 0.15) is 0 Å². The molecule has 0 aromatic carbocycles. The Kier molecular flexibility index (Phi) is 5.63. The SMILES string of the molecule is CN(CCNCC1CCCO1)CC1(N(C)C)CCC1. The summed E-state index contributed by atoms with van der Waals surface area (Å²) in [4.78, 5) is 4.90. The fraction of sp³-hybridized carbons (Fsp3) is 1.00. The van der Waals surface area contributed by atoms with Crippen LogP contribution < -0.4 is 5.32 Å². The zero-order valence-corrected chi connectivity index (χ0v) is 13.0. The molecular formula is C15H31N3O. The van der Waals surface area contributed by atoms with E-state index >= 15 is 0 Å². The number of hydrogen-bond acceptors (Lipinski definition) is 4. The van der Waals surface area contributed by atoms with E-state index in [1.165, 1.54) is 38.6 Å². The summed E-state index contributed by atoms with van der Waals surface area (Å²) in [7, 11) is 6.70. The van der Waals surface area contributed by atoms with Crippen molar-refractivity contribution in [2.45, 2.75) is 43.7 Å². The van der Waals surface area contributed by atoms with Gasteiger partial charge in [0.15, 0.2) is 0 Å². The molecule has 1 heterocycles. The van der Waals surface area contributed by atoms with E-state index in [2.05, 4.69) is 36.3 Å². The van der Waals surface area contributed by atoms with E-state index in [1.807, 2.05) is 0 Å². The average molecular weight is 269 g/mol. The highest BCUT2D eigenvalue weighted by molar-refractivity contribution is 4.97. The van der Waals surface area contributed by atoms with Gasteiger partial charge in [-0.05, 0) is 53.2 Å². The van der Waals surface area contributed by atoms with Crippen molar-refractivity contribution < 1.29 is 4.74 Å². The third-order valence-corrected chi connectivity index (χ3v) is 4.86. The quantitative estimate of drug-likeness (QED) is 0.670. The van der Waals surface area contributed by atoms with Crippen LogP contribution in [0.3, 0.4) is 0 Å². The minimum Gasteiger partial charge on any atom is -0.377 e. The Morgan fingerprint density at radius 3 is 2.53 bits per heavy atom. The average Bonchev–Trinajstić information content (AvgIpc) is 2.82. The molecule has 4 nitrogen and oxygen atoms in total. The van der Waals surface area contributed by atoms with Gasteiger partial charge in [0.05, 0.1) is 6.10 Å². The molecule has 0 aromatic rings. The molecule has 1 atom stereocenters. The van der Waals surface area contributed by atoms with Crippen LogP contribution in [0, 0.1) is 0 Å². The molecule has 4 heteroatoms. The largest absolute Gasteiger partial charge is 0.377 e. The minimum atomic E-state index is 0.448. The second kappa shape index (κ2) is 7.02. The molecule has 0 bridgehead atoms. The van der Waals surface area contributed by atoms with E-state index < -0.39 is 0 Å². The van der Waals surface area contributed by atoms with Crippen LogP contribution in [0.1, 0.15) is 32.1 Å². The first-order valence-corrected chi connectivity index (χ1v) is 7.81. The molecule has 2 rings (SSSR count). The highest BCUT2D eigenvalue weighted by Gasteiger charge is 2.39. The molecule has 1 N–H and O–H groups in total. The van der Waals surface area contributed by atoms with Crippen molar-refractivity contribution in [3.05, 3.63) is 0 Å². The number of rotatable bonds is 8. The van der Waals surface area contributed by atoms with Gasteiger partial charge < -0.3 is 19.9 Å². The molecule has 0 aromatic heterocycles. The summed E-state index contributed by atoms with van der Waals surface area (Å²) in [6.45, 7) is 5.37. The van der Waals surface area contributed by atoms with Crippen molar-refractivity contribution >= 4 is 0 Å². The van der Waals surface area contributed by atoms with E-state index in [-0.39, 0.29) is 0 Å². The maximum absolute atomic E-state index is 5.62. The van der Waals surface area contributed by atoms with Crippen molar-refractivity contribution in [1.82, 2.24) is 15.1 Å². The molecule has 1 unspecified atom stereocenters. The first kappa shape index (κ1) is 15.2. The lowest BCUT2D eigenvalue weighted by atomic mass is 9.75. The molecule has 2 aliphatic rings. The number of nitrogens with one attached hydrogen (secondary N) is 1. The van der Waals surface area contributed by atoms with E-state index in [0.717, 1.165) is 26.2 Å². The normalized spacial score (nSPS) is 26.1. The van der Waals surface area contributed by atoms with Crippen molar-refractivity contribution in [1.29, 1.82) is 0 Å². The molecule has 19 heavy (non-hydrogen) atoms. The van der Waals surface area contributed by atoms with Crippen LogP contribution >= 0.6 is 0 Å². The van der Waals surface area contributed by atoms with Gasteiger partial charge >= 0.3 is 0 Å². The van der Waals surface area contributed by atoms with Crippen LogP contribution in [0.15, 0.2) is 0 Å². The van der Waals surface area contributed by atoms with Crippen LogP contribution in [-0.4, -0.2) is 75.4 Å². The van der Waals surface area contributed by atoms with Crippen molar-refractivity contribution in [3.8, 4) is 0 Å². The van der Waals surface area contributed by atoms with Crippen LogP contribution in [0.2, 0.25) is 0 Å². The monoisotopic (exact) mass is 269 g/mol. The number of ether oxygens (including phenoxy) is 1. The van der Waals surface area contributed by atoms with E-state index in [9.17, 15) is 0 Å². The highest BCUT2D eigenvalue weighted by atomic mass is 16.5. The lowest BCUT2D eigenvalue weighted by Crippen LogP contribution is -2.57. The molecule has 112 valence electrons. The lowest BCUT2D eigenvalue weighted by molar-refractivity contribution is 0.0279. The van der Waals surface area contributed by atoms with Crippen LogP contribution in [-0.2, 0) is 4.74 Å². The first-order chi connectivity index (χ1) is 9.12. The van der Waals surface area contributed by atoms with Crippen molar-refractivity contribution in [2.24, 2.45) is 0 Å². The summed E-state index contributed by atoms with van der Waals surface area (Å²) in [5.74, 6) is 0. The third kappa shape index (κ3) is 4.15. The third-order valence-electron chi connectivity index (χ3n) is 4.86. The van der Waals surface area contributed by atoms with Gasteiger partial charge in [0.2, 0.25) is 0 Å². The second-order valence-electron chi connectivity index (χ2n) is 6.55. The van der Waals surface area contributed by atoms with Crippen molar-refractivity contribution in [2.75, 3.05) is 53.9 Å². The Morgan fingerprint density at radius 1 is 1.21 bits per heavy atom. The summed E-state index contributed by atoms with van der Waals surface area (Å²) in [6.07, 6.45) is 7.03. The Morgan fingerprint density at radius 2 is 2.00 bits per heavy atom. The Balaban J connectivity index is 1.57. The van der Waals surface area contributed by atoms with Crippen LogP contribution in [0.4, 0.5) is 0 Å². The van der Waals surface area contributed by atoms with Gasteiger partial charge in [-0.1, -0.05) is 0 Å². The molecule has 0 spiro atoms. The van der Waals surface area contributed by atoms with Gasteiger partial charge in [-0.2, -0.15) is 0 Å². The first-order valence-electron chi connectivity index (χ1n) is 7.81. The fourth-order valence-electron chi connectivity index (χ4n) is 3.25. The van der Waals surface area contributed by atoms with E-state index in [4.69, 9.17) is 4.74 Å². The minimum absolute atomic E-state index is 0.448. The topological polar surface area (TPSA) is 27.7 Å². The molecule has 1 aliphatic carbocycles. The fourth-order valence-corrected chi connectivity index (χ4v) is 3.25. The van der Waals surface area contributed by atoms with Gasteiger partial charge in [0.25, 0.3) is 0 Å². The second-order valence-corrected chi connectivity index (χ2v) is 6.55. The van der Waals surface area contributed by atoms with E-state index in [1.54, 1.807) is 0 Å². The zero-order chi connectivity index (χ0) is 13.7. The smallest absolute Gasteiger partial charge is 0.0700 e. The molecule has 1 aliphatic heterocycles. The van der Waals surface area contributed by atoms with Gasteiger partial charge in [0, 0.05) is 38.3 Å². The summed E-state index contributed by atoms with van der Waals surface area (Å²) in [6, 6.07) is 0. The summed E-state index contributed by atoms with van der Waals surface area (Å²) in [5.41, 5.74) is 0.448. The van der Waals surface area contributed by atoms with E-state index in [0.29, 0.717) is 11.6 Å².